The molecule has 0 saturated heterocycles. The summed E-state index contributed by atoms with van der Waals surface area (Å²) in [6.07, 6.45) is 7.95. The van der Waals surface area contributed by atoms with Gasteiger partial charge < -0.3 is 0 Å². The largest absolute Gasteiger partial charge is 0.289 e. The Kier molecular flexibility index (Phi) is 19.8. The first-order chi connectivity index (χ1) is 38.2. The summed E-state index contributed by atoms with van der Waals surface area (Å²) in [5.41, 5.74) is 10.7. The fraction of sp³-hybridized carbons (Fsp3) is 0.400. The molecule has 0 saturated carbocycles. The highest BCUT2D eigenvalue weighted by Crippen LogP contribution is 2.45. The van der Waals surface area contributed by atoms with Crippen LogP contribution in [0.25, 0.3) is 11.1 Å². The predicted octanol–water partition coefficient (Wildman–Crippen LogP) is 21.1. The van der Waals surface area contributed by atoms with E-state index in [2.05, 4.69) is 186 Å². The molecule has 0 spiro atoms. The summed E-state index contributed by atoms with van der Waals surface area (Å²) in [7, 11) is 0. The van der Waals surface area contributed by atoms with Gasteiger partial charge >= 0.3 is 0 Å². The van der Waals surface area contributed by atoms with E-state index in [1.165, 1.54) is 0 Å². The van der Waals surface area contributed by atoms with Gasteiger partial charge in [-0.15, -0.1) is 0 Å². The summed E-state index contributed by atoms with van der Waals surface area (Å²) >= 11 is 0. The SMILES string of the molecule is C=C(C(=O)/C(=C/C=C(/c1ccc(C#Cc2cccc(C#Cc3ccc(/C(=C/C=C(/C(=O)C(=C)C(C)(C)C)C(C)(C)C)c4cc(C(C)(C)C)c([O])c(C(C)(C)C)c4)cc3)c2)cc1)c1cc(C(C)(C)C)c([O])c(C(C)(C)C)c1)C(C)(C)C)C(C)(C)C. The van der Waals surface area contributed by atoms with Crippen LogP contribution in [0.4, 0.5) is 0 Å². The second-order valence-corrected chi connectivity index (χ2v) is 31.0. The number of Topliss-reactive ketones (excluding diaryl/α,β-unsaturated/α-hetero) is 2. The van der Waals surface area contributed by atoms with Crippen LogP contribution in [-0.4, -0.2) is 11.6 Å². The second kappa shape index (κ2) is 24.7. The molecule has 5 aromatic carbocycles. The molecule has 0 aliphatic carbocycles. The van der Waals surface area contributed by atoms with Gasteiger partial charge in [-0.3, -0.25) is 19.8 Å². The Balaban J connectivity index is 1.57. The summed E-state index contributed by atoms with van der Waals surface area (Å²) in [5, 5.41) is 28.2. The molecule has 0 atom stereocenters. The maximum atomic E-state index is 14.2. The van der Waals surface area contributed by atoms with Crippen molar-refractivity contribution in [2.75, 3.05) is 0 Å². The molecule has 0 aliphatic rings. The number of hydrogen-bond acceptors (Lipinski definition) is 2. The monoisotopic (exact) mass is 1120 g/mol. The predicted molar refractivity (Wildman–Crippen MR) is 356 cm³/mol. The summed E-state index contributed by atoms with van der Waals surface area (Å²) in [5.74, 6) is 13.5. The van der Waals surface area contributed by atoms with Crippen LogP contribution >= 0.6 is 0 Å². The molecule has 0 aliphatic heterocycles. The van der Waals surface area contributed by atoms with Gasteiger partial charge in [0.05, 0.1) is 0 Å². The van der Waals surface area contributed by atoms with E-state index in [9.17, 15) is 19.8 Å². The standard InChI is InChI=1S/C80H96O4/c1-51(73(3,4)5)69(81)63(75(9,10)11)44-42-61(59-47-65(77(15,16)17)71(83)66(48-59)78(18,19)20)57-38-34-53(35-39-57)30-32-55-28-27-29-56(46-55)33-31-54-36-40-58(41-37-54)62(43-45-64(76(12,13)14)70(82)52(2)74(6,7)8)60-49-67(79(21,22)23)72(84)68(50-60)80(24,25)26/h27-29,34-50H,1-2H2,3-26H3/b61-42-,62-43-,63-44-,64-45-. The minimum absolute atomic E-state index is 0.0575. The molecule has 4 nitrogen and oxygen atoms in total. The van der Waals surface area contributed by atoms with Gasteiger partial charge in [0, 0.05) is 55.7 Å². The number of carbonyl (C=O) groups excluding carboxylic acids is 2. The molecule has 5 rings (SSSR count). The molecule has 0 unspecified atom stereocenters. The van der Waals surface area contributed by atoms with E-state index < -0.39 is 43.3 Å². The molecular weight excluding hydrogens is 1020 g/mol. The Morgan fingerprint density at radius 1 is 0.333 bits per heavy atom. The van der Waals surface area contributed by atoms with Crippen molar-refractivity contribution in [3.05, 3.63) is 224 Å². The van der Waals surface area contributed by atoms with E-state index >= 15 is 0 Å². The number of rotatable bonds is 10. The van der Waals surface area contributed by atoms with Gasteiger partial charge in [-0.1, -0.05) is 258 Å². The normalized spacial score (nSPS) is 13.6. The van der Waals surface area contributed by atoms with E-state index in [4.69, 9.17) is 0 Å². The van der Waals surface area contributed by atoms with Gasteiger partial charge in [-0.25, -0.2) is 0 Å². The van der Waals surface area contributed by atoms with Crippen LogP contribution in [0.3, 0.4) is 0 Å². The summed E-state index contributed by atoms with van der Waals surface area (Å²) in [4.78, 5) is 28.3. The number of carbonyl (C=O) groups is 2. The van der Waals surface area contributed by atoms with E-state index in [1.54, 1.807) is 0 Å². The Hall–Kier alpha value is -7.40. The minimum atomic E-state index is -0.471. The number of ketones is 2. The molecule has 440 valence electrons. The van der Waals surface area contributed by atoms with E-state index in [0.29, 0.717) is 22.3 Å². The van der Waals surface area contributed by atoms with Gasteiger partial charge in [0.2, 0.25) is 0 Å². The van der Waals surface area contributed by atoms with Crippen molar-refractivity contribution < 1.29 is 19.8 Å². The first-order valence-corrected chi connectivity index (χ1v) is 29.6. The van der Waals surface area contributed by atoms with Crippen LogP contribution in [-0.2, 0) is 41.5 Å². The van der Waals surface area contributed by atoms with Crippen LogP contribution in [0.15, 0.2) is 157 Å². The van der Waals surface area contributed by atoms with Crippen molar-refractivity contribution in [1.29, 1.82) is 0 Å². The molecule has 0 amide bonds. The van der Waals surface area contributed by atoms with Crippen molar-refractivity contribution in [3.8, 4) is 35.2 Å². The number of hydrogen-bond donors (Lipinski definition) is 0. The second-order valence-electron chi connectivity index (χ2n) is 31.0. The summed E-state index contributed by atoms with van der Waals surface area (Å²) in [6.45, 7) is 57.7. The highest BCUT2D eigenvalue weighted by atomic mass is 16.3. The van der Waals surface area contributed by atoms with Crippen LogP contribution in [0.1, 0.15) is 233 Å². The average Bonchev–Trinajstić information content (AvgIpc) is 2.64. The third kappa shape index (κ3) is 16.9. The third-order valence-electron chi connectivity index (χ3n) is 15.3. The maximum absolute atomic E-state index is 14.2. The van der Waals surface area contributed by atoms with Crippen molar-refractivity contribution in [3.63, 3.8) is 0 Å². The molecular formula is C80H96O4. The van der Waals surface area contributed by atoms with Crippen LogP contribution < -0.4 is 0 Å². The zero-order valence-corrected chi connectivity index (χ0v) is 55.6. The molecule has 5 aromatic rings. The van der Waals surface area contributed by atoms with Crippen LogP contribution in [0.5, 0.6) is 11.5 Å². The lowest BCUT2D eigenvalue weighted by Crippen LogP contribution is -2.25. The number of allylic oxidation sites excluding steroid dienone is 8. The Morgan fingerprint density at radius 2 is 0.595 bits per heavy atom. The molecule has 4 heteroatoms. The van der Waals surface area contributed by atoms with Crippen molar-refractivity contribution in [2.24, 2.45) is 21.7 Å². The highest BCUT2D eigenvalue weighted by molar-refractivity contribution is 6.10. The van der Waals surface area contributed by atoms with E-state index in [0.717, 1.165) is 77.9 Å². The Bertz CT molecular complexity index is 3290. The molecule has 0 N–H and O–H groups in total. The fourth-order valence-electron chi connectivity index (χ4n) is 9.62. The van der Waals surface area contributed by atoms with Gasteiger partial charge in [0.25, 0.3) is 0 Å². The van der Waals surface area contributed by atoms with E-state index in [-0.39, 0.29) is 23.1 Å². The average molecular weight is 1120 g/mol. The molecule has 84 heavy (non-hydrogen) atoms. The zero-order chi connectivity index (χ0) is 63.7. The lowest BCUT2D eigenvalue weighted by atomic mass is 9.75. The topological polar surface area (TPSA) is 73.9 Å². The maximum Gasteiger partial charge on any atom is 0.186 e. The van der Waals surface area contributed by atoms with Crippen molar-refractivity contribution in [2.45, 2.75) is 188 Å². The van der Waals surface area contributed by atoms with Gasteiger partial charge in [-0.05, 0) is 155 Å². The molecule has 0 fully saturated rings. The van der Waals surface area contributed by atoms with E-state index in [1.807, 2.05) is 139 Å². The Morgan fingerprint density at radius 3 is 0.833 bits per heavy atom. The van der Waals surface area contributed by atoms with Gasteiger partial charge in [-0.2, -0.15) is 0 Å². The number of benzene rings is 5. The summed E-state index contributed by atoms with van der Waals surface area (Å²) in [6, 6.07) is 32.3. The summed E-state index contributed by atoms with van der Waals surface area (Å²) < 4.78 is 0. The molecule has 0 aromatic heterocycles. The lowest BCUT2D eigenvalue weighted by molar-refractivity contribution is -0.114. The van der Waals surface area contributed by atoms with Gasteiger partial charge in [0.15, 0.2) is 23.1 Å². The third-order valence-corrected chi connectivity index (χ3v) is 15.3. The molecule has 0 bridgehead atoms. The van der Waals surface area contributed by atoms with Crippen molar-refractivity contribution >= 4 is 22.7 Å². The van der Waals surface area contributed by atoms with Gasteiger partial charge in [0.1, 0.15) is 0 Å². The molecule has 0 heterocycles. The first-order valence-electron chi connectivity index (χ1n) is 29.6. The van der Waals surface area contributed by atoms with Crippen molar-refractivity contribution in [1.82, 2.24) is 0 Å². The minimum Gasteiger partial charge on any atom is -0.289 e. The lowest BCUT2D eigenvalue weighted by Gasteiger charge is -2.28. The molecule has 2 radical (unpaired) electrons. The van der Waals surface area contributed by atoms with Crippen LogP contribution in [0.2, 0.25) is 0 Å². The Labute approximate surface area is 508 Å². The smallest absolute Gasteiger partial charge is 0.186 e. The first kappa shape index (κ1) is 67.4. The zero-order valence-electron chi connectivity index (χ0n) is 55.6. The van der Waals surface area contributed by atoms with Crippen LogP contribution in [0, 0.1) is 45.3 Å². The highest BCUT2D eigenvalue weighted by Gasteiger charge is 2.34. The quantitative estimate of drug-likeness (QED) is 0.0794. The fourth-order valence-corrected chi connectivity index (χ4v) is 9.62.